The van der Waals surface area contributed by atoms with Gasteiger partial charge in [0.05, 0.1) is 5.69 Å². The van der Waals surface area contributed by atoms with Crippen LogP contribution in [0.25, 0.3) is 10.8 Å². The summed E-state index contributed by atoms with van der Waals surface area (Å²) in [5.41, 5.74) is 1.21. The number of anilines is 1. The van der Waals surface area contributed by atoms with Gasteiger partial charge in [0, 0.05) is 23.3 Å². The second-order valence-corrected chi connectivity index (χ2v) is 4.40. The van der Waals surface area contributed by atoms with Crippen LogP contribution < -0.4 is 5.32 Å². The van der Waals surface area contributed by atoms with Gasteiger partial charge >= 0.3 is 0 Å². The number of hydrogen-bond donors (Lipinski definition) is 2. The Morgan fingerprint density at radius 3 is 2.65 bits per heavy atom. The van der Waals surface area contributed by atoms with Crippen molar-refractivity contribution in [2.45, 2.75) is 0 Å². The molecule has 4 heteroatoms. The lowest BCUT2D eigenvalue weighted by Gasteiger charge is -2.08. The Balaban J connectivity index is 1.93. The predicted octanol–water partition coefficient (Wildman–Crippen LogP) is 3.19. The first-order chi connectivity index (χ1) is 9.74. The van der Waals surface area contributed by atoms with E-state index in [9.17, 15) is 9.90 Å². The highest BCUT2D eigenvalue weighted by molar-refractivity contribution is 6.08. The van der Waals surface area contributed by atoms with Crippen molar-refractivity contribution in [2.75, 3.05) is 5.32 Å². The normalized spacial score (nSPS) is 10.4. The molecule has 20 heavy (non-hydrogen) atoms. The summed E-state index contributed by atoms with van der Waals surface area (Å²) in [6.45, 7) is 0. The third-order valence-corrected chi connectivity index (χ3v) is 3.06. The maximum atomic E-state index is 12.2. The van der Waals surface area contributed by atoms with Crippen molar-refractivity contribution in [2.24, 2.45) is 0 Å². The van der Waals surface area contributed by atoms with E-state index < -0.39 is 0 Å². The van der Waals surface area contributed by atoms with Gasteiger partial charge in [0.15, 0.2) is 0 Å². The maximum absolute atomic E-state index is 12.2. The molecule has 1 heterocycles. The number of carbonyl (C=O) groups is 1. The van der Waals surface area contributed by atoms with Gasteiger partial charge in [-0.15, -0.1) is 0 Å². The summed E-state index contributed by atoms with van der Waals surface area (Å²) < 4.78 is 0. The van der Waals surface area contributed by atoms with Gasteiger partial charge < -0.3 is 10.4 Å². The number of amides is 1. The number of benzene rings is 2. The lowest BCUT2D eigenvalue weighted by Crippen LogP contribution is -2.11. The van der Waals surface area contributed by atoms with E-state index in [4.69, 9.17) is 0 Å². The van der Waals surface area contributed by atoms with Crippen molar-refractivity contribution in [3.8, 4) is 5.75 Å². The first kappa shape index (κ1) is 12.2. The molecule has 0 fully saturated rings. The van der Waals surface area contributed by atoms with Gasteiger partial charge in [0.25, 0.3) is 5.91 Å². The molecule has 0 saturated carbocycles. The standard InChI is InChI=1S/C16H12N2O2/c19-13-6-4-12(5-7-13)16(20)18-15-3-1-2-11-8-9-17-10-14(11)15/h1-10,19H,(H,18,20). The first-order valence-electron chi connectivity index (χ1n) is 6.17. The molecular weight excluding hydrogens is 252 g/mol. The summed E-state index contributed by atoms with van der Waals surface area (Å²) in [7, 11) is 0. The molecule has 3 rings (SSSR count). The molecule has 98 valence electrons. The Morgan fingerprint density at radius 2 is 1.85 bits per heavy atom. The number of phenols is 1. The minimum absolute atomic E-state index is 0.135. The van der Waals surface area contributed by atoms with Gasteiger partial charge in [-0.1, -0.05) is 12.1 Å². The van der Waals surface area contributed by atoms with Crippen LogP contribution in [0.2, 0.25) is 0 Å². The minimum Gasteiger partial charge on any atom is -0.508 e. The van der Waals surface area contributed by atoms with Crippen LogP contribution in [0.5, 0.6) is 5.75 Å². The van der Waals surface area contributed by atoms with Crippen molar-refractivity contribution in [1.82, 2.24) is 4.98 Å². The van der Waals surface area contributed by atoms with Gasteiger partial charge in [0.1, 0.15) is 5.75 Å². The Bertz CT molecular complexity index is 762. The van der Waals surface area contributed by atoms with E-state index in [-0.39, 0.29) is 11.7 Å². The Morgan fingerprint density at radius 1 is 1.05 bits per heavy atom. The number of nitrogens with one attached hydrogen (secondary N) is 1. The number of fused-ring (bicyclic) bond motifs is 1. The quantitative estimate of drug-likeness (QED) is 0.747. The van der Waals surface area contributed by atoms with E-state index in [1.165, 1.54) is 12.1 Å². The van der Waals surface area contributed by atoms with E-state index in [2.05, 4.69) is 10.3 Å². The van der Waals surface area contributed by atoms with Crippen LogP contribution in [-0.2, 0) is 0 Å². The van der Waals surface area contributed by atoms with E-state index in [1.54, 1.807) is 24.5 Å². The molecule has 0 saturated heterocycles. The molecule has 0 aliphatic carbocycles. The third-order valence-electron chi connectivity index (χ3n) is 3.06. The second-order valence-electron chi connectivity index (χ2n) is 4.40. The molecule has 1 amide bonds. The number of hydrogen-bond acceptors (Lipinski definition) is 3. The maximum Gasteiger partial charge on any atom is 0.255 e. The number of aromatic nitrogens is 1. The summed E-state index contributed by atoms with van der Waals surface area (Å²) in [4.78, 5) is 16.2. The summed E-state index contributed by atoms with van der Waals surface area (Å²) >= 11 is 0. The van der Waals surface area contributed by atoms with E-state index in [0.717, 1.165) is 10.8 Å². The molecule has 0 spiro atoms. The highest BCUT2D eigenvalue weighted by Gasteiger charge is 2.08. The number of aromatic hydroxyl groups is 1. The molecule has 0 unspecified atom stereocenters. The highest BCUT2D eigenvalue weighted by atomic mass is 16.3. The largest absolute Gasteiger partial charge is 0.508 e. The summed E-state index contributed by atoms with van der Waals surface area (Å²) in [5.74, 6) is -0.0859. The predicted molar refractivity (Wildman–Crippen MR) is 77.8 cm³/mol. The highest BCUT2D eigenvalue weighted by Crippen LogP contribution is 2.22. The van der Waals surface area contributed by atoms with Gasteiger partial charge in [-0.3, -0.25) is 9.78 Å². The van der Waals surface area contributed by atoms with Crippen LogP contribution in [-0.4, -0.2) is 16.0 Å². The first-order valence-corrected chi connectivity index (χ1v) is 6.17. The summed E-state index contributed by atoms with van der Waals surface area (Å²) in [5, 5.41) is 14.0. The van der Waals surface area contributed by atoms with E-state index in [0.29, 0.717) is 11.3 Å². The van der Waals surface area contributed by atoms with E-state index in [1.807, 2.05) is 24.3 Å². The molecule has 0 atom stereocenters. The average Bonchev–Trinajstić information content (AvgIpc) is 2.48. The van der Waals surface area contributed by atoms with Crippen LogP contribution in [0, 0.1) is 0 Å². The SMILES string of the molecule is O=C(Nc1cccc2ccncc12)c1ccc(O)cc1. The number of nitrogens with zero attached hydrogens (tertiary/aromatic N) is 1. The molecule has 0 radical (unpaired) electrons. The number of rotatable bonds is 2. The fraction of sp³-hybridized carbons (Fsp3) is 0. The number of pyridine rings is 1. The van der Waals surface area contributed by atoms with Crippen molar-refractivity contribution < 1.29 is 9.90 Å². The van der Waals surface area contributed by atoms with Gasteiger partial charge in [-0.2, -0.15) is 0 Å². The van der Waals surface area contributed by atoms with Crippen molar-refractivity contribution in [3.63, 3.8) is 0 Å². The van der Waals surface area contributed by atoms with Crippen LogP contribution in [0.3, 0.4) is 0 Å². The molecule has 2 aromatic carbocycles. The van der Waals surface area contributed by atoms with Gasteiger partial charge in [-0.05, 0) is 41.8 Å². The second kappa shape index (κ2) is 5.01. The van der Waals surface area contributed by atoms with Crippen LogP contribution in [0.15, 0.2) is 60.9 Å². The minimum atomic E-state index is -0.221. The van der Waals surface area contributed by atoms with Crippen molar-refractivity contribution >= 4 is 22.4 Å². The Labute approximate surface area is 115 Å². The summed E-state index contributed by atoms with van der Waals surface area (Å²) in [6, 6.07) is 13.7. The fourth-order valence-corrected chi connectivity index (χ4v) is 2.03. The molecule has 1 aromatic heterocycles. The lowest BCUT2D eigenvalue weighted by molar-refractivity contribution is 0.102. The smallest absolute Gasteiger partial charge is 0.255 e. The van der Waals surface area contributed by atoms with Gasteiger partial charge in [0.2, 0.25) is 0 Å². The van der Waals surface area contributed by atoms with Crippen LogP contribution >= 0.6 is 0 Å². The lowest BCUT2D eigenvalue weighted by atomic mass is 10.1. The number of phenolic OH excluding ortho intramolecular Hbond substituents is 1. The summed E-state index contributed by atoms with van der Waals surface area (Å²) in [6.07, 6.45) is 3.44. The molecule has 0 aliphatic rings. The van der Waals surface area contributed by atoms with Crippen LogP contribution in [0.4, 0.5) is 5.69 Å². The zero-order chi connectivity index (χ0) is 13.9. The molecule has 0 bridgehead atoms. The van der Waals surface area contributed by atoms with Gasteiger partial charge in [-0.25, -0.2) is 0 Å². The van der Waals surface area contributed by atoms with Crippen molar-refractivity contribution in [1.29, 1.82) is 0 Å². The van der Waals surface area contributed by atoms with Crippen molar-refractivity contribution in [3.05, 3.63) is 66.5 Å². The molecule has 3 aromatic rings. The molecule has 0 aliphatic heterocycles. The zero-order valence-electron chi connectivity index (χ0n) is 10.6. The zero-order valence-corrected chi connectivity index (χ0v) is 10.6. The van der Waals surface area contributed by atoms with Crippen LogP contribution in [0.1, 0.15) is 10.4 Å². The molecular formula is C16H12N2O2. The Hall–Kier alpha value is -2.88. The van der Waals surface area contributed by atoms with E-state index >= 15 is 0 Å². The third kappa shape index (κ3) is 2.31. The fourth-order valence-electron chi connectivity index (χ4n) is 2.03. The monoisotopic (exact) mass is 264 g/mol. The Kier molecular flexibility index (Phi) is 3.05. The molecule has 4 nitrogen and oxygen atoms in total. The topological polar surface area (TPSA) is 62.2 Å². The molecule has 2 N–H and O–H groups in total. The number of carbonyl (C=O) groups excluding carboxylic acids is 1. The average molecular weight is 264 g/mol.